The molecule has 7 heteroatoms. The Balaban J connectivity index is 2.09. The molecule has 0 bridgehead atoms. The number of anilines is 2. The smallest absolute Gasteiger partial charge is 0.276 e. The molecule has 0 fully saturated rings. The second kappa shape index (κ2) is 5.57. The van der Waals surface area contributed by atoms with Gasteiger partial charge in [-0.25, -0.2) is 4.98 Å². The van der Waals surface area contributed by atoms with Gasteiger partial charge in [0.05, 0.1) is 29.4 Å². The first kappa shape index (κ1) is 13.6. The molecule has 0 aliphatic carbocycles. The molecule has 2 heterocycles. The second-order valence-electron chi connectivity index (χ2n) is 4.58. The van der Waals surface area contributed by atoms with Crippen LogP contribution in [0.1, 0.15) is 6.42 Å². The fourth-order valence-electron chi connectivity index (χ4n) is 2.28. The van der Waals surface area contributed by atoms with Crippen LogP contribution in [-0.2, 0) is 0 Å². The van der Waals surface area contributed by atoms with E-state index in [0.29, 0.717) is 19.0 Å². The van der Waals surface area contributed by atoms with Crippen molar-refractivity contribution in [2.45, 2.75) is 6.42 Å². The van der Waals surface area contributed by atoms with E-state index in [1.165, 1.54) is 12.1 Å². The first-order chi connectivity index (χ1) is 10.1. The van der Waals surface area contributed by atoms with Gasteiger partial charge in [-0.1, -0.05) is 23.7 Å². The summed E-state index contributed by atoms with van der Waals surface area (Å²) in [5, 5.41) is 11.1. The van der Waals surface area contributed by atoms with Gasteiger partial charge in [-0.2, -0.15) is 0 Å². The zero-order valence-electron chi connectivity index (χ0n) is 11.0. The predicted molar refractivity (Wildman–Crippen MR) is 79.5 cm³/mol. The quantitative estimate of drug-likeness (QED) is 0.482. The van der Waals surface area contributed by atoms with Crippen LogP contribution in [0.3, 0.4) is 0 Å². The lowest BCUT2D eigenvalue weighted by molar-refractivity contribution is -0.384. The minimum atomic E-state index is -0.475. The highest BCUT2D eigenvalue weighted by Gasteiger charge is 2.21. The second-order valence-corrected chi connectivity index (χ2v) is 4.97. The first-order valence-corrected chi connectivity index (χ1v) is 6.84. The van der Waals surface area contributed by atoms with Gasteiger partial charge < -0.3 is 9.64 Å². The van der Waals surface area contributed by atoms with E-state index in [2.05, 4.69) is 4.98 Å². The lowest BCUT2D eigenvalue weighted by atomic mass is 10.2. The van der Waals surface area contributed by atoms with Gasteiger partial charge in [0.15, 0.2) is 0 Å². The molecule has 0 saturated heterocycles. The summed E-state index contributed by atoms with van der Waals surface area (Å²) >= 11 is 5.91. The number of rotatable bonds is 2. The van der Waals surface area contributed by atoms with Gasteiger partial charge in [0.1, 0.15) is 16.7 Å². The largest absolute Gasteiger partial charge is 0.491 e. The molecule has 0 unspecified atom stereocenters. The summed E-state index contributed by atoms with van der Waals surface area (Å²) in [6.07, 6.45) is 0.788. The molecule has 0 radical (unpaired) electrons. The first-order valence-electron chi connectivity index (χ1n) is 6.46. The van der Waals surface area contributed by atoms with Crippen LogP contribution < -0.4 is 9.64 Å². The van der Waals surface area contributed by atoms with Crippen LogP contribution >= 0.6 is 11.6 Å². The molecular formula is C14H12ClN3O3. The molecule has 0 atom stereocenters. The van der Waals surface area contributed by atoms with Crippen LogP contribution in [-0.4, -0.2) is 23.1 Å². The van der Waals surface area contributed by atoms with Crippen LogP contribution in [0, 0.1) is 10.1 Å². The molecular weight excluding hydrogens is 294 g/mol. The van der Waals surface area contributed by atoms with Crippen LogP contribution in [0.4, 0.5) is 17.2 Å². The molecule has 1 aliphatic rings. The van der Waals surface area contributed by atoms with Crippen molar-refractivity contribution in [3.8, 4) is 5.75 Å². The Labute approximate surface area is 126 Å². The molecule has 0 amide bonds. The van der Waals surface area contributed by atoms with Crippen molar-refractivity contribution in [1.82, 2.24) is 4.98 Å². The maximum absolute atomic E-state index is 11.0. The third-order valence-corrected chi connectivity index (χ3v) is 3.39. The topological polar surface area (TPSA) is 68.5 Å². The van der Waals surface area contributed by atoms with E-state index in [-0.39, 0.29) is 10.8 Å². The summed E-state index contributed by atoms with van der Waals surface area (Å²) in [6.45, 7) is 1.25. The van der Waals surface area contributed by atoms with Crippen molar-refractivity contribution >= 4 is 28.8 Å². The Kier molecular flexibility index (Phi) is 3.62. The maximum atomic E-state index is 11.0. The highest BCUT2D eigenvalue weighted by Crippen LogP contribution is 2.36. The van der Waals surface area contributed by atoms with Gasteiger partial charge in [0.25, 0.3) is 5.69 Å². The number of para-hydroxylation sites is 2. The average molecular weight is 306 g/mol. The highest BCUT2D eigenvalue weighted by atomic mass is 35.5. The van der Waals surface area contributed by atoms with Crippen molar-refractivity contribution in [1.29, 1.82) is 0 Å². The standard InChI is InChI=1S/C14H12ClN3O3/c15-13-8-10(18(19)20)9-14(16-13)17-6-3-7-21-12-5-2-1-4-11(12)17/h1-2,4-5,8-9H,3,6-7H2. The normalized spacial score (nSPS) is 14.0. The van der Waals surface area contributed by atoms with Crippen molar-refractivity contribution in [3.05, 3.63) is 51.7 Å². The third kappa shape index (κ3) is 2.75. The lowest BCUT2D eigenvalue weighted by Crippen LogP contribution is -2.19. The minimum Gasteiger partial charge on any atom is -0.491 e. The number of nitrogens with zero attached hydrogens (tertiary/aromatic N) is 3. The van der Waals surface area contributed by atoms with E-state index in [9.17, 15) is 10.1 Å². The van der Waals surface area contributed by atoms with Gasteiger partial charge >= 0.3 is 0 Å². The van der Waals surface area contributed by atoms with E-state index in [4.69, 9.17) is 16.3 Å². The molecule has 1 aliphatic heterocycles. The number of fused-ring (bicyclic) bond motifs is 1. The van der Waals surface area contributed by atoms with Crippen LogP contribution in [0.15, 0.2) is 36.4 Å². The van der Waals surface area contributed by atoms with Gasteiger partial charge in [0.2, 0.25) is 0 Å². The molecule has 6 nitrogen and oxygen atoms in total. The van der Waals surface area contributed by atoms with E-state index in [1.807, 2.05) is 29.2 Å². The van der Waals surface area contributed by atoms with E-state index in [1.54, 1.807) is 0 Å². The number of ether oxygens (including phenoxy) is 1. The number of aromatic nitrogens is 1. The number of halogens is 1. The van der Waals surface area contributed by atoms with E-state index >= 15 is 0 Å². The summed E-state index contributed by atoms with van der Waals surface area (Å²) < 4.78 is 5.67. The van der Waals surface area contributed by atoms with Crippen LogP contribution in [0.5, 0.6) is 5.75 Å². The Hall–Kier alpha value is -2.34. The Bertz CT molecular complexity index is 693. The highest BCUT2D eigenvalue weighted by molar-refractivity contribution is 6.29. The Morgan fingerprint density at radius 1 is 1.33 bits per heavy atom. The Morgan fingerprint density at radius 3 is 2.95 bits per heavy atom. The van der Waals surface area contributed by atoms with E-state index < -0.39 is 4.92 Å². The predicted octanol–water partition coefficient (Wildman–Crippen LogP) is 3.56. The lowest BCUT2D eigenvalue weighted by Gasteiger charge is -2.22. The number of benzene rings is 1. The molecule has 1 aromatic heterocycles. The molecule has 0 N–H and O–H groups in total. The van der Waals surface area contributed by atoms with Crippen molar-refractivity contribution in [3.63, 3.8) is 0 Å². The summed E-state index contributed by atoms with van der Waals surface area (Å²) in [5.74, 6) is 1.19. The minimum absolute atomic E-state index is 0.0763. The van der Waals surface area contributed by atoms with Gasteiger partial charge in [-0.15, -0.1) is 0 Å². The van der Waals surface area contributed by atoms with Crippen LogP contribution in [0.2, 0.25) is 5.15 Å². The van der Waals surface area contributed by atoms with Crippen molar-refractivity contribution in [2.75, 3.05) is 18.1 Å². The third-order valence-electron chi connectivity index (χ3n) is 3.19. The van der Waals surface area contributed by atoms with Crippen LogP contribution in [0.25, 0.3) is 0 Å². The fraction of sp³-hybridized carbons (Fsp3) is 0.214. The van der Waals surface area contributed by atoms with E-state index in [0.717, 1.165) is 17.9 Å². The van der Waals surface area contributed by atoms with Gasteiger partial charge in [-0.3, -0.25) is 10.1 Å². The maximum Gasteiger partial charge on any atom is 0.276 e. The SMILES string of the molecule is O=[N+]([O-])c1cc(Cl)nc(N2CCCOc3ccccc32)c1. The summed E-state index contributed by atoms with van der Waals surface area (Å²) in [4.78, 5) is 16.6. The molecule has 21 heavy (non-hydrogen) atoms. The number of hydrogen-bond donors (Lipinski definition) is 0. The average Bonchev–Trinajstić information content (AvgIpc) is 2.69. The Morgan fingerprint density at radius 2 is 2.14 bits per heavy atom. The zero-order valence-corrected chi connectivity index (χ0v) is 11.8. The van der Waals surface area contributed by atoms with Gasteiger partial charge in [0, 0.05) is 6.54 Å². The molecule has 1 aromatic carbocycles. The summed E-state index contributed by atoms with van der Waals surface area (Å²) in [5.41, 5.74) is 0.756. The molecule has 3 rings (SSSR count). The number of pyridine rings is 1. The summed E-state index contributed by atoms with van der Waals surface area (Å²) in [7, 11) is 0. The van der Waals surface area contributed by atoms with Crippen molar-refractivity contribution < 1.29 is 9.66 Å². The van der Waals surface area contributed by atoms with Crippen molar-refractivity contribution in [2.24, 2.45) is 0 Å². The zero-order chi connectivity index (χ0) is 14.8. The number of nitro groups is 1. The fourth-order valence-corrected chi connectivity index (χ4v) is 2.48. The molecule has 2 aromatic rings. The molecule has 108 valence electrons. The molecule has 0 spiro atoms. The number of hydrogen-bond acceptors (Lipinski definition) is 5. The monoisotopic (exact) mass is 305 g/mol. The molecule has 0 saturated carbocycles. The van der Waals surface area contributed by atoms with Gasteiger partial charge in [-0.05, 0) is 18.6 Å². The summed E-state index contributed by atoms with van der Waals surface area (Å²) in [6, 6.07) is 10.2.